The van der Waals surface area contributed by atoms with Crippen LogP contribution >= 0.6 is 0 Å². The summed E-state index contributed by atoms with van der Waals surface area (Å²) in [5, 5.41) is 12.4. The van der Waals surface area contributed by atoms with Crippen LogP contribution in [0.4, 0.5) is 4.79 Å². The van der Waals surface area contributed by atoms with Gasteiger partial charge >= 0.3 is 12.1 Å². The molecule has 3 atom stereocenters. The normalized spacial score (nSPS) is 20.9. The van der Waals surface area contributed by atoms with Crippen molar-refractivity contribution in [2.24, 2.45) is 11.3 Å². The summed E-state index contributed by atoms with van der Waals surface area (Å²) >= 11 is 0. The molecule has 2 aromatic rings. The molecule has 7 nitrogen and oxygen atoms in total. The first kappa shape index (κ1) is 24.8. The van der Waals surface area contributed by atoms with Crippen LogP contribution in [-0.2, 0) is 14.3 Å². The number of carbonyl (C=O) groups is 3. The number of alkyl carbamates (subject to hydrolysis) is 1. The average Bonchev–Trinajstić information content (AvgIpc) is 3.19. The molecule has 0 saturated carbocycles. The molecule has 4 rings (SSSR count). The largest absolute Gasteiger partial charge is 0.480 e. The van der Waals surface area contributed by atoms with Crippen molar-refractivity contribution in [3.05, 3.63) is 59.7 Å². The van der Waals surface area contributed by atoms with Gasteiger partial charge in [-0.3, -0.25) is 4.79 Å². The minimum absolute atomic E-state index is 0.0426. The van der Waals surface area contributed by atoms with E-state index in [1.165, 1.54) is 4.90 Å². The van der Waals surface area contributed by atoms with Crippen LogP contribution in [0.15, 0.2) is 48.5 Å². The van der Waals surface area contributed by atoms with Gasteiger partial charge in [0.05, 0.1) is 5.41 Å². The number of nitrogens with one attached hydrogen (secondary N) is 1. The molecule has 3 unspecified atom stereocenters. The highest BCUT2D eigenvalue weighted by Crippen LogP contribution is 2.44. The van der Waals surface area contributed by atoms with E-state index in [1.807, 2.05) is 38.1 Å². The van der Waals surface area contributed by atoms with Crippen molar-refractivity contribution < 1.29 is 24.2 Å². The predicted octanol–water partition coefficient (Wildman–Crippen LogP) is 4.65. The van der Waals surface area contributed by atoms with Gasteiger partial charge in [0.25, 0.3) is 0 Å². The Morgan fingerprint density at radius 1 is 1.09 bits per heavy atom. The molecule has 0 aromatic heterocycles. The van der Waals surface area contributed by atoms with E-state index in [0.29, 0.717) is 19.4 Å². The average molecular weight is 479 g/mol. The van der Waals surface area contributed by atoms with E-state index >= 15 is 0 Å². The van der Waals surface area contributed by atoms with Crippen LogP contribution in [0.1, 0.15) is 57.1 Å². The van der Waals surface area contributed by atoms with Gasteiger partial charge in [0.1, 0.15) is 12.6 Å². The monoisotopic (exact) mass is 478 g/mol. The van der Waals surface area contributed by atoms with Crippen molar-refractivity contribution >= 4 is 18.0 Å². The van der Waals surface area contributed by atoms with E-state index in [0.717, 1.165) is 28.7 Å². The fraction of sp³-hybridized carbons (Fsp3) is 0.464. The fourth-order valence-corrected chi connectivity index (χ4v) is 5.23. The van der Waals surface area contributed by atoms with E-state index in [4.69, 9.17) is 4.74 Å². The Labute approximate surface area is 206 Å². The highest BCUT2D eigenvalue weighted by atomic mass is 16.5. The number of carboxylic acid groups (broad SMARTS) is 1. The van der Waals surface area contributed by atoms with Crippen molar-refractivity contribution in [3.8, 4) is 11.1 Å². The summed E-state index contributed by atoms with van der Waals surface area (Å²) in [4.78, 5) is 39.3. The Bertz CT molecular complexity index is 1070. The van der Waals surface area contributed by atoms with Crippen LogP contribution in [0.5, 0.6) is 0 Å². The second-order valence-electron chi connectivity index (χ2n) is 10.1. The molecule has 0 spiro atoms. The van der Waals surface area contributed by atoms with E-state index in [-0.39, 0.29) is 30.9 Å². The number of carboxylic acids is 1. The van der Waals surface area contributed by atoms with Crippen LogP contribution in [0, 0.1) is 11.3 Å². The summed E-state index contributed by atoms with van der Waals surface area (Å²) in [6.07, 6.45) is 1.10. The molecule has 1 aliphatic carbocycles. The standard InChI is InChI=1S/C28H34N2O5/c1-4-28(3,26(33)30-14-13-18(2)15-24(30)25(31)32)17-29-27(34)35-16-23-21-11-7-5-9-19(21)20-10-6-8-12-22(20)23/h5-12,18,23-24H,4,13-17H2,1-3H3,(H,29,34)(H,31,32). The van der Waals surface area contributed by atoms with Crippen LogP contribution in [0.25, 0.3) is 11.1 Å². The molecule has 1 saturated heterocycles. The van der Waals surface area contributed by atoms with Gasteiger partial charge in [-0.2, -0.15) is 0 Å². The van der Waals surface area contributed by atoms with E-state index in [9.17, 15) is 19.5 Å². The second-order valence-corrected chi connectivity index (χ2v) is 10.1. The maximum atomic E-state index is 13.4. The van der Waals surface area contributed by atoms with Crippen LogP contribution in [0.2, 0.25) is 0 Å². The number of hydrogen-bond acceptors (Lipinski definition) is 4. The smallest absolute Gasteiger partial charge is 0.407 e. The zero-order valence-corrected chi connectivity index (χ0v) is 20.6. The minimum atomic E-state index is -0.979. The zero-order chi connectivity index (χ0) is 25.2. The minimum Gasteiger partial charge on any atom is -0.480 e. The van der Waals surface area contributed by atoms with Gasteiger partial charge in [0.2, 0.25) is 5.91 Å². The Hall–Kier alpha value is -3.35. The molecule has 0 bridgehead atoms. The Morgan fingerprint density at radius 3 is 2.26 bits per heavy atom. The third-order valence-electron chi connectivity index (χ3n) is 7.67. The van der Waals surface area contributed by atoms with Gasteiger partial charge in [-0.25, -0.2) is 9.59 Å². The number of fused-ring (bicyclic) bond motifs is 3. The van der Waals surface area contributed by atoms with Gasteiger partial charge in [-0.1, -0.05) is 62.4 Å². The molecular formula is C28H34N2O5. The third-order valence-corrected chi connectivity index (χ3v) is 7.67. The Balaban J connectivity index is 1.39. The van der Waals surface area contributed by atoms with Crippen molar-refractivity contribution in [1.82, 2.24) is 10.2 Å². The number of ether oxygens (including phenoxy) is 1. The zero-order valence-electron chi connectivity index (χ0n) is 20.6. The van der Waals surface area contributed by atoms with Crippen LogP contribution in [-0.4, -0.2) is 53.7 Å². The SMILES string of the molecule is CCC(C)(CNC(=O)OCC1c2ccccc2-c2ccccc21)C(=O)N1CCC(C)CC1C(=O)O. The molecule has 2 aromatic carbocycles. The topological polar surface area (TPSA) is 95.9 Å². The van der Waals surface area contributed by atoms with Gasteiger partial charge < -0.3 is 20.1 Å². The molecule has 2 aliphatic rings. The lowest BCUT2D eigenvalue weighted by Crippen LogP contribution is -2.56. The Kier molecular flexibility index (Phi) is 7.15. The van der Waals surface area contributed by atoms with Crippen molar-refractivity contribution in [1.29, 1.82) is 0 Å². The molecule has 1 fully saturated rings. The number of amides is 2. The lowest BCUT2D eigenvalue weighted by Gasteiger charge is -2.41. The van der Waals surface area contributed by atoms with Gasteiger partial charge in [-0.15, -0.1) is 0 Å². The molecule has 2 amide bonds. The van der Waals surface area contributed by atoms with Gasteiger partial charge in [0.15, 0.2) is 0 Å². The number of carbonyl (C=O) groups excluding carboxylic acids is 2. The van der Waals surface area contributed by atoms with Crippen LogP contribution in [0.3, 0.4) is 0 Å². The maximum Gasteiger partial charge on any atom is 0.407 e. The predicted molar refractivity (Wildman–Crippen MR) is 133 cm³/mol. The summed E-state index contributed by atoms with van der Waals surface area (Å²) in [5.74, 6) is -1.00. The first-order valence-corrected chi connectivity index (χ1v) is 12.4. The van der Waals surface area contributed by atoms with Gasteiger partial charge in [-0.05, 0) is 54.4 Å². The van der Waals surface area contributed by atoms with E-state index in [2.05, 4.69) is 29.6 Å². The molecule has 2 N–H and O–H groups in total. The van der Waals surface area contributed by atoms with Crippen molar-refractivity contribution in [2.75, 3.05) is 19.7 Å². The molecular weight excluding hydrogens is 444 g/mol. The van der Waals surface area contributed by atoms with Crippen LogP contribution < -0.4 is 5.32 Å². The number of aliphatic carboxylic acids is 1. The summed E-state index contributed by atoms with van der Waals surface area (Å²) in [6, 6.07) is 15.4. The number of benzene rings is 2. The number of hydrogen-bond donors (Lipinski definition) is 2. The third kappa shape index (κ3) is 4.90. The summed E-state index contributed by atoms with van der Waals surface area (Å²) in [6.45, 7) is 6.35. The first-order chi connectivity index (χ1) is 16.7. The highest BCUT2D eigenvalue weighted by molar-refractivity contribution is 5.88. The van der Waals surface area contributed by atoms with Crippen molar-refractivity contribution in [2.45, 2.75) is 52.0 Å². The number of rotatable bonds is 7. The molecule has 186 valence electrons. The maximum absolute atomic E-state index is 13.4. The molecule has 35 heavy (non-hydrogen) atoms. The summed E-state index contributed by atoms with van der Waals surface area (Å²) < 4.78 is 5.61. The highest BCUT2D eigenvalue weighted by Gasteiger charge is 2.42. The number of likely N-dealkylation sites (tertiary alicyclic amines) is 1. The fourth-order valence-electron chi connectivity index (χ4n) is 5.23. The summed E-state index contributed by atoms with van der Waals surface area (Å²) in [5.41, 5.74) is 3.67. The molecule has 1 aliphatic heterocycles. The number of nitrogens with zero attached hydrogens (tertiary/aromatic N) is 1. The quantitative estimate of drug-likeness (QED) is 0.604. The molecule has 1 heterocycles. The van der Waals surface area contributed by atoms with Crippen molar-refractivity contribution in [3.63, 3.8) is 0 Å². The van der Waals surface area contributed by atoms with E-state index < -0.39 is 23.5 Å². The molecule has 0 radical (unpaired) electrons. The molecule has 7 heteroatoms. The lowest BCUT2D eigenvalue weighted by atomic mass is 9.83. The summed E-state index contributed by atoms with van der Waals surface area (Å²) in [7, 11) is 0. The second kappa shape index (κ2) is 10.1. The number of piperidine rings is 1. The van der Waals surface area contributed by atoms with Gasteiger partial charge in [0, 0.05) is 19.0 Å². The Morgan fingerprint density at radius 2 is 1.69 bits per heavy atom. The van der Waals surface area contributed by atoms with E-state index in [1.54, 1.807) is 6.92 Å². The lowest BCUT2D eigenvalue weighted by molar-refractivity contribution is -0.158. The first-order valence-electron chi connectivity index (χ1n) is 12.4.